The Morgan fingerprint density at radius 1 is 1.32 bits per heavy atom. The number of urea groups is 1. The van der Waals surface area contributed by atoms with E-state index in [0.29, 0.717) is 11.6 Å². The highest BCUT2D eigenvalue weighted by atomic mass is 35.5. The van der Waals surface area contributed by atoms with Crippen molar-refractivity contribution in [2.24, 2.45) is 0 Å². The second kappa shape index (κ2) is 7.77. The van der Waals surface area contributed by atoms with Crippen LogP contribution in [0.2, 0.25) is 5.02 Å². The largest absolute Gasteiger partial charge is 0.382 e. The SMILES string of the molecule is COC[C@H](NC(=O)Nc1ccncc1C)c1ccc(Cl)cc1. The van der Waals surface area contributed by atoms with Crippen LogP contribution in [-0.4, -0.2) is 24.7 Å². The van der Waals surface area contributed by atoms with Crippen LogP contribution in [0.3, 0.4) is 0 Å². The summed E-state index contributed by atoms with van der Waals surface area (Å²) in [5.74, 6) is 0. The first kappa shape index (κ1) is 16.3. The highest BCUT2D eigenvalue weighted by molar-refractivity contribution is 6.30. The molecule has 2 amide bonds. The Labute approximate surface area is 134 Å². The molecule has 1 atom stereocenters. The molecule has 0 saturated carbocycles. The zero-order valence-corrected chi connectivity index (χ0v) is 13.2. The number of benzene rings is 1. The molecule has 22 heavy (non-hydrogen) atoms. The number of aryl methyl sites for hydroxylation is 1. The standard InChI is InChI=1S/C16H18ClN3O2/c1-11-9-18-8-7-14(11)19-16(21)20-15(10-22-2)12-3-5-13(17)6-4-12/h3-9,15H,10H2,1-2H3,(H2,18,19,20,21)/t15-/m0/s1. The first-order chi connectivity index (χ1) is 10.6. The number of methoxy groups -OCH3 is 1. The third-order valence-corrected chi connectivity index (χ3v) is 3.43. The lowest BCUT2D eigenvalue weighted by molar-refractivity contribution is 0.168. The molecule has 2 N–H and O–H groups in total. The highest BCUT2D eigenvalue weighted by Crippen LogP contribution is 2.18. The van der Waals surface area contributed by atoms with Gasteiger partial charge in [0.1, 0.15) is 0 Å². The number of hydrogen-bond acceptors (Lipinski definition) is 3. The van der Waals surface area contributed by atoms with Gasteiger partial charge in [0.15, 0.2) is 0 Å². The van der Waals surface area contributed by atoms with E-state index in [-0.39, 0.29) is 12.1 Å². The van der Waals surface area contributed by atoms with E-state index >= 15 is 0 Å². The minimum absolute atomic E-state index is 0.260. The van der Waals surface area contributed by atoms with E-state index in [4.69, 9.17) is 16.3 Å². The number of ether oxygens (including phenoxy) is 1. The van der Waals surface area contributed by atoms with Crippen molar-refractivity contribution in [3.63, 3.8) is 0 Å². The quantitative estimate of drug-likeness (QED) is 0.885. The van der Waals surface area contributed by atoms with Crippen molar-refractivity contribution >= 4 is 23.3 Å². The van der Waals surface area contributed by atoms with Gasteiger partial charge < -0.3 is 15.4 Å². The monoisotopic (exact) mass is 319 g/mol. The van der Waals surface area contributed by atoms with E-state index < -0.39 is 0 Å². The van der Waals surface area contributed by atoms with Gasteiger partial charge >= 0.3 is 6.03 Å². The normalized spacial score (nSPS) is 11.8. The van der Waals surface area contributed by atoms with E-state index in [1.165, 1.54) is 0 Å². The van der Waals surface area contributed by atoms with Crippen LogP contribution in [0.25, 0.3) is 0 Å². The smallest absolute Gasteiger partial charge is 0.319 e. The van der Waals surface area contributed by atoms with Gasteiger partial charge in [0, 0.05) is 30.2 Å². The van der Waals surface area contributed by atoms with Crippen LogP contribution in [-0.2, 0) is 4.74 Å². The molecule has 0 bridgehead atoms. The lowest BCUT2D eigenvalue weighted by atomic mass is 10.1. The van der Waals surface area contributed by atoms with Crippen LogP contribution in [0.4, 0.5) is 10.5 Å². The van der Waals surface area contributed by atoms with Crippen molar-refractivity contribution in [2.45, 2.75) is 13.0 Å². The average Bonchev–Trinajstić information content (AvgIpc) is 2.50. The molecular weight excluding hydrogens is 302 g/mol. The summed E-state index contributed by atoms with van der Waals surface area (Å²) in [4.78, 5) is 16.2. The maximum Gasteiger partial charge on any atom is 0.319 e. The summed E-state index contributed by atoms with van der Waals surface area (Å²) in [5.41, 5.74) is 2.54. The van der Waals surface area contributed by atoms with Crippen LogP contribution < -0.4 is 10.6 Å². The van der Waals surface area contributed by atoms with Gasteiger partial charge in [-0.05, 0) is 36.2 Å². The molecule has 0 aliphatic rings. The maximum atomic E-state index is 12.2. The fourth-order valence-corrected chi connectivity index (χ4v) is 2.14. The first-order valence-electron chi connectivity index (χ1n) is 6.82. The molecule has 5 nitrogen and oxygen atoms in total. The molecule has 0 unspecified atom stereocenters. The zero-order chi connectivity index (χ0) is 15.9. The topological polar surface area (TPSA) is 63.2 Å². The molecular formula is C16H18ClN3O2. The number of nitrogens with zero attached hydrogens (tertiary/aromatic N) is 1. The molecule has 2 aromatic rings. The van der Waals surface area contributed by atoms with Crippen LogP contribution in [0, 0.1) is 6.92 Å². The summed E-state index contributed by atoms with van der Waals surface area (Å²) < 4.78 is 5.18. The molecule has 0 spiro atoms. The Kier molecular flexibility index (Phi) is 5.75. The minimum Gasteiger partial charge on any atom is -0.382 e. The number of anilines is 1. The number of rotatable bonds is 5. The second-order valence-electron chi connectivity index (χ2n) is 4.85. The highest BCUT2D eigenvalue weighted by Gasteiger charge is 2.15. The predicted molar refractivity (Wildman–Crippen MR) is 87.2 cm³/mol. The summed E-state index contributed by atoms with van der Waals surface area (Å²) in [6.07, 6.45) is 3.33. The minimum atomic E-state index is -0.300. The van der Waals surface area contributed by atoms with Gasteiger partial charge in [-0.1, -0.05) is 23.7 Å². The Hall–Kier alpha value is -2.11. The summed E-state index contributed by atoms with van der Waals surface area (Å²) in [6.45, 7) is 2.25. The number of amides is 2. The summed E-state index contributed by atoms with van der Waals surface area (Å²) in [6, 6.07) is 8.49. The van der Waals surface area contributed by atoms with Crippen molar-refractivity contribution in [1.82, 2.24) is 10.3 Å². The summed E-state index contributed by atoms with van der Waals surface area (Å²) in [5, 5.41) is 6.35. The molecule has 1 aromatic heterocycles. The van der Waals surface area contributed by atoms with Crippen LogP contribution in [0.15, 0.2) is 42.7 Å². The number of aromatic nitrogens is 1. The number of nitrogens with one attached hydrogen (secondary N) is 2. The van der Waals surface area contributed by atoms with Gasteiger partial charge in [-0.25, -0.2) is 4.79 Å². The van der Waals surface area contributed by atoms with Crippen molar-refractivity contribution < 1.29 is 9.53 Å². The molecule has 1 heterocycles. The zero-order valence-electron chi connectivity index (χ0n) is 12.5. The van der Waals surface area contributed by atoms with Crippen LogP contribution in [0.5, 0.6) is 0 Å². The lowest BCUT2D eigenvalue weighted by Crippen LogP contribution is -2.35. The molecule has 0 saturated heterocycles. The van der Waals surface area contributed by atoms with Crippen LogP contribution >= 0.6 is 11.6 Å². The molecule has 0 radical (unpaired) electrons. The number of pyridine rings is 1. The molecule has 0 fully saturated rings. The second-order valence-corrected chi connectivity index (χ2v) is 5.28. The van der Waals surface area contributed by atoms with Gasteiger partial charge in [-0.15, -0.1) is 0 Å². The molecule has 0 aliphatic carbocycles. The van der Waals surface area contributed by atoms with Gasteiger partial charge in [-0.3, -0.25) is 4.98 Å². The fourth-order valence-electron chi connectivity index (χ4n) is 2.01. The summed E-state index contributed by atoms with van der Waals surface area (Å²) in [7, 11) is 1.59. The predicted octanol–water partition coefficient (Wildman–Crippen LogP) is 3.55. The van der Waals surface area contributed by atoms with Crippen LogP contribution in [0.1, 0.15) is 17.2 Å². The van der Waals surface area contributed by atoms with Crippen molar-refractivity contribution in [1.29, 1.82) is 0 Å². The Bertz CT molecular complexity index is 632. The van der Waals surface area contributed by atoms with E-state index in [1.54, 1.807) is 37.7 Å². The molecule has 116 valence electrons. The van der Waals surface area contributed by atoms with E-state index in [0.717, 1.165) is 16.8 Å². The maximum absolute atomic E-state index is 12.2. The lowest BCUT2D eigenvalue weighted by Gasteiger charge is -2.19. The van der Waals surface area contributed by atoms with Gasteiger partial charge in [0.2, 0.25) is 0 Å². The number of halogens is 1. The van der Waals surface area contributed by atoms with E-state index in [1.807, 2.05) is 19.1 Å². The Balaban J connectivity index is 2.06. The first-order valence-corrected chi connectivity index (χ1v) is 7.20. The molecule has 0 aliphatic heterocycles. The molecule has 1 aromatic carbocycles. The van der Waals surface area contributed by atoms with E-state index in [2.05, 4.69) is 15.6 Å². The van der Waals surface area contributed by atoms with Crippen molar-refractivity contribution in [3.05, 3.63) is 58.9 Å². The summed E-state index contributed by atoms with van der Waals surface area (Å²) >= 11 is 5.89. The third kappa shape index (κ3) is 4.44. The average molecular weight is 320 g/mol. The van der Waals surface area contributed by atoms with Gasteiger partial charge in [0.05, 0.1) is 12.6 Å². The Morgan fingerprint density at radius 3 is 2.68 bits per heavy atom. The Morgan fingerprint density at radius 2 is 2.05 bits per heavy atom. The third-order valence-electron chi connectivity index (χ3n) is 3.18. The van der Waals surface area contributed by atoms with Gasteiger partial charge in [0.25, 0.3) is 0 Å². The number of hydrogen-bond donors (Lipinski definition) is 2. The number of carbonyl (C=O) groups excluding carboxylic acids is 1. The van der Waals surface area contributed by atoms with E-state index in [9.17, 15) is 4.79 Å². The fraction of sp³-hybridized carbons (Fsp3) is 0.250. The number of carbonyl (C=O) groups is 1. The van der Waals surface area contributed by atoms with Crippen molar-refractivity contribution in [3.8, 4) is 0 Å². The van der Waals surface area contributed by atoms with Gasteiger partial charge in [-0.2, -0.15) is 0 Å². The molecule has 6 heteroatoms. The van der Waals surface area contributed by atoms with Crippen molar-refractivity contribution in [2.75, 3.05) is 19.0 Å². The molecule has 2 rings (SSSR count).